The van der Waals surface area contributed by atoms with Gasteiger partial charge in [0, 0.05) is 23.7 Å². The van der Waals surface area contributed by atoms with Gasteiger partial charge in [-0.1, -0.05) is 6.92 Å². The Morgan fingerprint density at radius 2 is 2.26 bits per heavy atom. The number of nitro benzene ring substituents is 1. The Bertz CT molecular complexity index is 479. The van der Waals surface area contributed by atoms with Crippen molar-refractivity contribution < 1.29 is 14.1 Å². The van der Waals surface area contributed by atoms with E-state index in [1.807, 2.05) is 0 Å². The summed E-state index contributed by atoms with van der Waals surface area (Å²) in [7, 11) is 0. The third-order valence-corrected chi connectivity index (χ3v) is 2.70. The lowest BCUT2D eigenvalue weighted by molar-refractivity contribution is -0.387. The SMILES string of the molecule is CC(CCCN)C(=O)Nc1ccc([N+](=O)[O-])c(F)c1. The summed E-state index contributed by atoms with van der Waals surface area (Å²) in [4.78, 5) is 21.4. The predicted molar refractivity (Wildman–Crippen MR) is 69.1 cm³/mol. The molecule has 0 radical (unpaired) electrons. The van der Waals surface area contributed by atoms with Crippen molar-refractivity contribution in [3.05, 3.63) is 34.1 Å². The van der Waals surface area contributed by atoms with Crippen LogP contribution in [0.1, 0.15) is 19.8 Å². The van der Waals surface area contributed by atoms with Gasteiger partial charge in [0.25, 0.3) is 0 Å². The maximum absolute atomic E-state index is 13.3. The summed E-state index contributed by atoms with van der Waals surface area (Å²) in [6.45, 7) is 2.25. The van der Waals surface area contributed by atoms with Crippen molar-refractivity contribution >= 4 is 17.3 Å². The first-order valence-corrected chi connectivity index (χ1v) is 5.90. The second-order valence-corrected chi connectivity index (χ2v) is 4.24. The molecule has 0 saturated heterocycles. The second kappa shape index (κ2) is 6.79. The average molecular weight is 269 g/mol. The third-order valence-electron chi connectivity index (χ3n) is 2.70. The standard InChI is InChI=1S/C12H16FN3O3/c1-8(3-2-6-14)12(17)15-9-4-5-11(16(18)19)10(13)7-9/h4-5,7-8H,2-3,6,14H2,1H3,(H,15,17). The zero-order valence-corrected chi connectivity index (χ0v) is 10.6. The van der Waals surface area contributed by atoms with Crippen LogP contribution in [0.25, 0.3) is 0 Å². The largest absolute Gasteiger partial charge is 0.330 e. The van der Waals surface area contributed by atoms with E-state index in [1.165, 1.54) is 6.07 Å². The summed E-state index contributed by atoms with van der Waals surface area (Å²) in [5.74, 6) is -1.49. The fourth-order valence-corrected chi connectivity index (χ4v) is 1.55. The Kier molecular flexibility index (Phi) is 5.37. The number of carbonyl (C=O) groups is 1. The van der Waals surface area contributed by atoms with Crippen molar-refractivity contribution in [2.75, 3.05) is 11.9 Å². The summed E-state index contributed by atoms with van der Waals surface area (Å²) in [6.07, 6.45) is 1.36. The first-order chi connectivity index (χ1) is 8.95. The van der Waals surface area contributed by atoms with Crippen LogP contribution >= 0.6 is 0 Å². The molecule has 0 aliphatic carbocycles. The van der Waals surface area contributed by atoms with Gasteiger partial charge >= 0.3 is 5.69 Å². The van der Waals surface area contributed by atoms with E-state index in [0.717, 1.165) is 18.6 Å². The summed E-state index contributed by atoms with van der Waals surface area (Å²) in [5, 5.41) is 13.0. The lowest BCUT2D eigenvalue weighted by atomic mass is 10.0. The first-order valence-electron chi connectivity index (χ1n) is 5.90. The lowest BCUT2D eigenvalue weighted by Gasteiger charge is -2.11. The van der Waals surface area contributed by atoms with Crippen molar-refractivity contribution in [2.45, 2.75) is 19.8 Å². The molecule has 1 aromatic rings. The first kappa shape index (κ1) is 15.0. The van der Waals surface area contributed by atoms with E-state index in [1.54, 1.807) is 6.92 Å². The Morgan fingerprint density at radius 3 is 2.79 bits per heavy atom. The Hall–Kier alpha value is -2.02. The summed E-state index contributed by atoms with van der Waals surface area (Å²) in [6, 6.07) is 3.26. The summed E-state index contributed by atoms with van der Waals surface area (Å²) in [5.41, 5.74) is 4.93. The minimum absolute atomic E-state index is 0.202. The Labute approximate surface area is 109 Å². The molecule has 0 aliphatic heterocycles. The van der Waals surface area contributed by atoms with Crippen molar-refractivity contribution in [2.24, 2.45) is 11.7 Å². The maximum atomic E-state index is 13.3. The normalized spacial score (nSPS) is 11.9. The number of rotatable bonds is 6. The van der Waals surface area contributed by atoms with Crippen LogP contribution in [0.4, 0.5) is 15.8 Å². The van der Waals surface area contributed by atoms with Gasteiger partial charge in [-0.2, -0.15) is 4.39 Å². The van der Waals surface area contributed by atoms with Gasteiger partial charge in [0.2, 0.25) is 11.7 Å². The molecule has 1 aromatic carbocycles. The molecule has 0 spiro atoms. The van der Waals surface area contributed by atoms with Gasteiger partial charge in [-0.05, 0) is 25.5 Å². The molecule has 19 heavy (non-hydrogen) atoms. The van der Waals surface area contributed by atoms with Crippen molar-refractivity contribution in [1.29, 1.82) is 0 Å². The van der Waals surface area contributed by atoms with E-state index >= 15 is 0 Å². The average Bonchev–Trinajstić information content (AvgIpc) is 2.35. The fraction of sp³-hybridized carbons (Fsp3) is 0.417. The molecule has 104 valence electrons. The molecule has 1 atom stereocenters. The molecule has 0 aliphatic rings. The number of nitrogens with two attached hydrogens (primary N) is 1. The summed E-state index contributed by atoms with van der Waals surface area (Å²) < 4.78 is 13.3. The van der Waals surface area contributed by atoms with Gasteiger partial charge < -0.3 is 11.1 Å². The van der Waals surface area contributed by atoms with Crippen LogP contribution < -0.4 is 11.1 Å². The number of carbonyl (C=O) groups excluding carboxylic acids is 1. The highest BCUT2D eigenvalue weighted by atomic mass is 19.1. The fourth-order valence-electron chi connectivity index (χ4n) is 1.55. The molecular weight excluding hydrogens is 253 g/mol. The number of amides is 1. The molecule has 1 rings (SSSR count). The van der Waals surface area contributed by atoms with Crippen molar-refractivity contribution in [3.8, 4) is 0 Å². The minimum Gasteiger partial charge on any atom is -0.330 e. The second-order valence-electron chi connectivity index (χ2n) is 4.24. The molecule has 0 fully saturated rings. The van der Waals surface area contributed by atoms with Crippen LogP contribution in [-0.2, 0) is 4.79 Å². The molecule has 1 unspecified atom stereocenters. The van der Waals surface area contributed by atoms with E-state index in [-0.39, 0.29) is 17.5 Å². The highest BCUT2D eigenvalue weighted by Crippen LogP contribution is 2.21. The topological polar surface area (TPSA) is 98.3 Å². The number of hydrogen-bond acceptors (Lipinski definition) is 4. The number of halogens is 1. The highest BCUT2D eigenvalue weighted by molar-refractivity contribution is 5.92. The molecule has 0 heterocycles. The molecule has 1 amide bonds. The smallest absolute Gasteiger partial charge is 0.304 e. The van der Waals surface area contributed by atoms with E-state index in [9.17, 15) is 19.3 Å². The van der Waals surface area contributed by atoms with Crippen LogP contribution in [0.3, 0.4) is 0 Å². The number of hydrogen-bond donors (Lipinski definition) is 2. The number of nitrogens with one attached hydrogen (secondary N) is 1. The molecule has 3 N–H and O–H groups in total. The van der Waals surface area contributed by atoms with E-state index in [0.29, 0.717) is 13.0 Å². The van der Waals surface area contributed by atoms with E-state index in [2.05, 4.69) is 5.32 Å². The van der Waals surface area contributed by atoms with Crippen LogP contribution in [0.2, 0.25) is 0 Å². The Morgan fingerprint density at radius 1 is 1.58 bits per heavy atom. The molecule has 0 aromatic heterocycles. The molecule has 0 saturated carbocycles. The summed E-state index contributed by atoms with van der Waals surface area (Å²) >= 11 is 0. The predicted octanol–water partition coefficient (Wildman–Crippen LogP) is 2.05. The number of nitrogens with zero attached hydrogens (tertiary/aromatic N) is 1. The van der Waals surface area contributed by atoms with Gasteiger partial charge in [-0.3, -0.25) is 14.9 Å². The van der Waals surface area contributed by atoms with Crippen LogP contribution in [-0.4, -0.2) is 17.4 Å². The van der Waals surface area contributed by atoms with E-state index in [4.69, 9.17) is 5.73 Å². The molecule has 7 heteroatoms. The minimum atomic E-state index is -0.975. The number of anilines is 1. The number of benzene rings is 1. The van der Waals surface area contributed by atoms with Gasteiger partial charge in [0.15, 0.2) is 0 Å². The third kappa shape index (κ3) is 4.29. The van der Waals surface area contributed by atoms with Gasteiger partial charge in [-0.25, -0.2) is 0 Å². The Balaban J connectivity index is 2.70. The monoisotopic (exact) mass is 269 g/mol. The van der Waals surface area contributed by atoms with Crippen LogP contribution in [0.15, 0.2) is 18.2 Å². The van der Waals surface area contributed by atoms with Gasteiger partial charge in [0.1, 0.15) is 0 Å². The molecular formula is C12H16FN3O3. The zero-order chi connectivity index (χ0) is 14.4. The molecule has 6 nitrogen and oxygen atoms in total. The quantitative estimate of drug-likeness (QED) is 0.610. The van der Waals surface area contributed by atoms with Gasteiger partial charge in [0.05, 0.1) is 4.92 Å². The van der Waals surface area contributed by atoms with Crippen molar-refractivity contribution in [1.82, 2.24) is 0 Å². The maximum Gasteiger partial charge on any atom is 0.304 e. The van der Waals surface area contributed by atoms with Crippen molar-refractivity contribution in [3.63, 3.8) is 0 Å². The van der Waals surface area contributed by atoms with Crippen LogP contribution in [0, 0.1) is 21.8 Å². The lowest BCUT2D eigenvalue weighted by Crippen LogP contribution is -2.21. The van der Waals surface area contributed by atoms with Crippen LogP contribution in [0.5, 0.6) is 0 Å². The van der Waals surface area contributed by atoms with Gasteiger partial charge in [-0.15, -0.1) is 0 Å². The zero-order valence-electron chi connectivity index (χ0n) is 10.6. The van der Waals surface area contributed by atoms with E-state index < -0.39 is 16.4 Å². The molecule has 0 bridgehead atoms. The highest BCUT2D eigenvalue weighted by Gasteiger charge is 2.16. The number of nitro groups is 1.